The number of hydrogen-bond donors (Lipinski definition) is 2. The summed E-state index contributed by atoms with van der Waals surface area (Å²) >= 11 is 0. The Labute approximate surface area is 145 Å². The van der Waals surface area contributed by atoms with Gasteiger partial charge in [-0.05, 0) is 48.7 Å². The Kier molecular flexibility index (Phi) is 4.95. The molecule has 3 N–H and O–H groups in total. The summed E-state index contributed by atoms with van der Waals surface area (Å²) in [5, 5.41) is 11.7. The Bertz CT molecular complexity index is 837. The molecule has 3 rings (SSSR count). The van der Waals surface area contributed by atoms with Crippen LogP contribution in [0.1, 0.15) is 27.9 Å². The quantitative estimate of drug-likeness (QED) is 0.877. The lowest BCUT2D eigenvalue weighted by molar-refractivity contribution is 0.102. The van der Waals surface area contributed by atoms with Gasteiger partial charge in [0, 0.05) is 11.3 Å². The van der Waals surface area contributed by atoms with Crippen molar-refractivity contribution in [3.63, 3.8) is 0 Å². The van der Waals surface area contributed by atoms with Crippen molar-refractivity contribution in [2.75, 3.05) is 11.9 Å². The first kappa shape index (κ1) is 16.5. The third-order valence-corrected chi connectivity index (χ3v) is 4.01. The Morgan fingerprint density at radius 3 is 2.72 bits per heavy atom. The van der Waals surface area contributed by atoms with Gasteiger partial charge in [-0.3, -0.25) is 4.79 Å². The van der Waals surface area contributed by atoms with Crippen LogP contribution < -0.4 is 11.1 Å². The number of rotatable bonds is 5. The van der Waals surface area contributed by atoms with Crippen LogP contribution in [-0.4, -0.2) is 24.6 Å². The maximum Gasteiger partial charge on any atom is 0.282 e. The van der Waals surface area contributed by atoms with Crippen LogP contribution in [0.4, 0.5) is 5.69 Å². The standard InChI is InChI=1S/C19H18N4O2/c20-11-13-5-8-15(9-6-13)22-18(24)17-4-2-1-3-14(17)7-10-16-12-25-19(21)23-16/h1-6,8-9,16H,7,10,12H2,(H2,21,23)(H,22,24). The minimum atomic E-state index is -0.175. The van der Waals surface area contributed by atoms with Crippen LogP contribution in [0, 0.1) is 11.3 Å². The molecule has 0 bridgehead atoms. The number of aliphatic imine (C=N–C) groups is 1. The summed E-state index contributed by atoms with van der Waals surface area (Å²) in [6.45, 7) is 0.492. The van der Waals surface area contributed by atoms with E-state index < -0.39 is 0 Å². The summed E-state index contributed by atoms with van der Waals surface area (Å²) in [4.78, 5) is 16.8. The molecular weight excluding hydrogens is 316 g/mol. The average Bonchev–Trinajstić information content (AvgIpc) is 3.06. The van der Waals surface area contributed by atoms with Crippen molar-refractivity contribution >= 4 is 17.6 Å². The molecule has 1 heterocycles. The van der Waals surface area contributed by atoms with Crippen molar-refractivity contribution in [1.82, 2.24) is 0 Å². The van der Waals surface area contributed by atoms with Gasteiger partial charge in [0.1, 0.15) is 6.61 Å². The van der Waals surface area contributed by atoms with E-state index in [1.54, 1.807) is 30.3 Å². The maximum absolute atomic E-state index is 12.6. The molecule has 0 aliphatic carbocycles. The Balaban J connectivity index is 1.68. The van der Waals surface area contributed by atoms with Gasteiger partial charge in [0.2, 0.25) is 0 Å². The molecule has 2 aromatic carbocycles. The van der Waals surface area contributed by atoms with Crippen LogP contribution in [0.5, 0.6) is 0 Å². The smallest absolute Gasteiger partial charge is 0.282 e. The molecule has 1 atom stereocenters. The fourth-order valence-electron chi connectivity index (χ4n) is 2.69. The molecular formula is C19H18N4O2. The molecule has 0 saturated heterocycles. The van der Waals surface area contributed by atoms with Crippen molar-refractivity contribution < 1.29 is 9.53 Å². The Morgan fingerprint density at radius 2 is 2.04 bits per heavy atom. The van der Waals surface area contributed by atoms with E-state index in [0.29, 0.717) is 29.8 Å². The molecule has 6 nitrogen and oxygen atoms in total. The fourth-order valence-corrected chi connectivity index (χ4v) is 2.69. The van der Waals surface area contributed by atoms with E-state index in [0.717, 1.165) is 12.0 Å². The molecule has 0 fully saturated rings. The number of nitrogens with zero attached hydrogens (tertiary/aromatic N) is 2. The number of nitriles is 1. The van der Waals surface area contributed by atoms with E-state index in [9.17, 15) is 4.79 Å². The molecule has 126 valence electrons. The zero-order valence-electron chi connectivity index (χ0n) is 13.6. The molecule has 0 saturated carbocycles. The van der Waals surface area contributed by atoms with Gasteiger partial charge in [-0.15, -0.1) is 0 Å². The van der Waals surface area contributed by atoms with E-state index in [-0.39, 0.29) is 18.0 Å². The van der Waals surface area contributed by atoms with Crippen LogP contribution in [0.25, 0.3) is 0 Å². The first-order chi connectivity index (χ1) is 12.2. The van der Waals surface area contributed by atoms with Gasteiger partial charge < -0.3 is 15.8 Å². The number of anilines is 1. The van der Waals surface area contributed by atoms with E-state index in [1.165, 1.54) is 0 Å². The number of nitrogens with two attached hydrogens (primary N) is 1. The minimum Gasteiger partial charge on any atom is -0.463 e. The highest BCUT2D eigenvalue weighted by Gasteiger charge is 2.18. The zero-order chi connectivity index (χ0) is 17.6. The summed E-state index contributed by atoms with van der Waals surface area (Å²) in [6.07, 6.45) is 1.48. The second-order valence-corrected chi connectivity index (χ2v) is 5.77. The molecule has 1 unspecified atom stereocenters. The number of amides is 1. The summed E-state index contributed by atoms with van der Waals surface area (Å²) in [7, 11) is 0. The average molecular weight is 334 g/mol. The second kappa shape index (κ2) is 7.49. The van der Waals surface area contributed by atoms with Crippen LogP contribution in [0.15, 0.2) is 53.5 Å². The van der Waals surface area contributed by atoms with Gasteiger partial charge in [0.25, 0.3) is 11.9 Å². The Morgan fingerprint density at radius 1 is 1.28 bits per heavy atom. The highest BCUT2D eigenvalue weighted by molar-refractivity contribution is 6.05. The van der Waals surface area contributed by atoms with Crippen LogP contribution in [-0.2, 0) is 11.2 Å². The number of ether oxygens (including phenoxy) is 1. The van der Waals surface area contributed by atoms with E-state index in [4.69, 9.17) is 15.7 Å². The van der Waals surface area contributed by atoms with Gasteiger partial charge in [-0.2, -0.15) is 5.26 Å². The van der Waals surface area contributed by atoms with Gasteiger partial charge in [-0.25, -0.2) is 4.99 Å². The number of carbonyl (C=O) groups is 1. The number of carbonyl (C=O) groups excluding carboxylic acids is 1. The van der Waals surface area contributed by atoms with E-state index in [1.807, 2.05) is 18.2 Å². The number of amidine groups is 1. The lowest BCUT2D eigenvalue weighted by atomic mass is 10.00. The van der Waals surface area contributed by atoms with Gasteiger partial charge in [0.15, 0.2) is 0 Å². The fraction of sp³-hybridized carbons (Fsp3) is 0.211. The van der Waals surface area contributed by atoms with Gasteiger partial charge >= 0.3 is 0 Å². The topological polar surface area (TPSA) is 100 Å². The zero-order valence-corrected chi connectivity index (χ0v) is 13.6. The molecule has 0 spiro atoms. The van der Waals surface area contributed by atoms with Crippen molar-refractivity contribution in [1.29, 1.82) is 5.26 Å². The molecule has 6 heteroatoms. The largest absolute Gasteiger partial charge is 0.463 e. The highest BCUT2D eigenvalue weighted by Crippen LogP contribution is 2.17. The molecule has 0 radical (unpaired) electrons. The van der Waals surface area contributed by atoms with E-state index >= 15 is 0 Å². The number of hydrogen-bond acceptors (Lipinski definition) is 5. The highest BCUT2D eigenvalue weighted by atomic mass is 16.5. The number of nitrogens with one attached hydrogen (secondary N) is 1. The molecule has 2 aromatic rings. The third kappa shape index (κ3) is 4.15. The van der Waals surface area contributed by atoms with Crippen LogP contribution >= 0.6 is 0 Å². The van der Waals surface area contributed by atoms with Crippen LogP contribution in [0.2, 0.25) is 0 Å². The molecule has 25 heavy (non-hydrogen) atoms. The summed E-state index contributed by atoms with van der Waals surface area (Å²) in [6, 6.07) is 16.6. The molecule has 0 aromatic heterocycles. The predicted octanol–water partition coefficient (Wildman–Crippen LogP) is 2.46. The molecule has 1 amide bonds. The lowest BCUT2D eigenvalue weighted by Crippen LogP contribution is -2.15. The summed E-state index contributed by atoms with van der Waals surface area (Å²) in [5.41, 5.74) is 8.31. The monoisotopic (exact) mass is 334 g/mol. The molecule has 1 aliphatic rings. The van der Waals surface area contributed by atoms with Gasteiger partial charge in [0.05, 0.1) is 17.7 Å². The van der Waals surface area contributed by atoms with Crippen LogP contribution in [0.3, 0.4) is 0 Å². The minimum absolute atomic E-state index is 0.0367. The molecule has 1 aliphatic heterocycles. The van der Waals surface area contributed by atoms with E-state index in [2.05, 4.69) is 16.4 Å². The van der Waals surface area contributed by atoms with Crippen molar-refractivity contribution in [2.45, 2.75) is 18.9 Å². The summed E-state index contributed by atoms with van der Waals surface area (Å²) < 4.78 is 5.16. The van der Waals surface area contributed by atoms with Crippen molar-refractivity contribution in [3.05, 3.63) is 65.2 Å². The first-order valence-corrected chi connectivity index (χ1v) is 8.01. The van der Waals surface area contributed by atoms with Crippen molar-refractivity contribution in [3.8, 4) is 6.07 Å². The predicted molar refractivity (Wildman–Crippen MR) is 95.2 cm³/mol. The summed E-state index contributed by atoms with van der Waals surface area (Å²) in [5.74, 6) is -0.175. The van der Waals surface area contributed by atoms with Gasteiger partial charge in [-0.1, -0.05) is 18.2 Å². The number of aryl methyl sites for hydroxylation is 1. The van der Waals surface area contributed by atoms with Crippen molar-refractivity contribution in [2.24, 2.45) is 10.7 Å². The lowest BCUT2D eigenvalue weighted by Gasteiger charge is -2.11. The maximum atomic E-state index is 12.6. The Hall–Kier alpha value is -3.33. The number of benzene rings is 2. The first-order valence-electron chi connectivity index (χ1n) is 8.01. The second-order valence-electron chi connectivity index (χ2n) is 5.77. The SMILES string of the molecule is N#Cc1ccc(NC(=O)c2ccccc2CCC2COC(N)=N2)cc1. The third-order valence-electron chi connectivity index (χ3n) is 4.01. The normalized spacial score (nSPS) is 15.8.